The molecule has 1 fully saturated rings. The summed E-state index contributed by atoms with van der Waals surface area (Å²) in [6, 6.07) is -1.20. The molecule has 3 N–H and O–H groups in total. The van der Waals surface area contributed by atoms with Crippen LogP contribution in [0.5, 0.6) is 0 Å². The van der Waals surface area contributed by atoms with Crippen molar-refractivity contribution in [2.75, 3.05) is 13.1 Å². The summed E-state index contributed by atoms with van der Waals surface area (Å²) in [5.41, 5.74) is 0. The lowest BCUT2D eigenvalue weighted by Gasteiger charge is -2.32. The predicted molar refractivity (Wildman–Crippen MR) is 68.8 cm³/mol. The number of hydrogen-bond donors (Lipinski definition) is 3. The van der Waals surface area contributed by atoms with Crippen LogP contribution in [0.1, 0.15) is 32.6 Å². The first kappa shape index (κ1) is 15.9. The molecule has 1 atom stereocenters. The van der Waals surface area contributed by atoms with Crippen molar-refractivity contribution >= 4 is 23.8 Å². The Morgan fingerprint density at radius 3 is 2.65 bits per heavy atom. The zero-order valence-electron chi connectivity index (χ0n) is 11.3. The fraction of sp³-hybridized carbons (Fsp3) is 0.667. The number of hydrogen-bond acceptors (Lipinski definition) is 4. The van der Waals surface area contributed by atoms with Gasteiger partial charge in [-0.3, -0.25) is 19.7 Å². The number of rotatable bonds is 5. The molecule has 1 unspecified atom stereocenters. The maximum Gasteiger partial charge on any atom is 0.324 e. The quantitative estimate of drug-likeness (QED) is 0.599. The average molecular weight is 285 g/mol. The minimum Gasteiger partial charge on any atom is -0.481 e. The Labute approximate surface area is 116 Å². The fourth-order valence-corrected chi connectivity index (χ4v) is 1.88. The molecule has 0 aromatic heterocycles. The van der Waals surface area contributed by atoms with Gasteiger partial charge in [0.25, 0.3) is 0 Å². The number of carboxylic acid groups (broad SMARTS) is 1. The number of urea groups is 1. The molecule has 1 aliphatic rings. The maximum absolute atomic E-state index is 11.8. The van der Waals surface area contributed by atoms with Crippen LogP contribution in [0.15, 0.2) is 0 Å². The van der Waals surface area contributed by atoms with Gasteiger partial charge in [-0.1, -0.05) is 0 Å². The molecule has 20 heavy (non-hydrogen) atoms. The summed E-state index contributed by atoms with van der Waals surface area (Å²) >= 11 is 0. The zero-order valence-corrected chi connectivity index (χ0v) is 11.3. The van der Waals surface area contributed by atoms with E-state index in [1.165, 1.54) is 4.90 Å². The summed E-state index contributed by atoms with van der Waals surface area (Å²) in [4.78, 5) is 46.3. The van der Waals surface area contributed by atoms with Gasteiger partial charge in [-0.05, 0) is 19.8 Å². The Morgan fingerprint density at radius 1 is 1.35 bits per heavy atom. The molecule has 1 rings (SSSR count). The molecular weight excluding hydrogens is 266 g/mol. The van der Waals surface area contributed by atoms with Gasteiger partial charge >= 0.3 is 12.0 Å². The van der Waals surface area contributed by atoms with E-state index in [1.807, 2.05) is 0 Å². The summed E-state index contributed by atoms with van der Waals surface area (Å²) in [6.07, 6.45) is 0.888. The Hall–Kier alpha value is -2.12. The molecule has 4 amide bonds. The lowest BCUT2D eigenvalue weighted by atomic mass is 10.2. The Bertz CT molecular complexity index is 410. The van der Waals surface area contributed by atoms with Gasteiger partial charge in [-0.2, -0.15) is 0 Å². The van der Waals surface area contributed by atoms with E-state index >= 15 is 0 Å². The highest BCUT2D eigenvalue weighted by Crippen LogP contribution is 2.05. The van der Waals surface area contributed by atoms with Crippen molar-refractivity contribution in [1.82, 2.24) is 15.5 Å². The van der Waals surface area contributed by atoms with Crippen LogP contribution in [0.3, 0.4) is 0 Å². The van der Waals surface area contributed by atoms with Crippen LogP contribution in [0.25, 0.3) is 0 Å². The Balaban J connectivity index is 2.32. The van der Waals surface area contributed by atoms with Gasteiger partial charge in [0.2, 0.25) is 11.8 Å². The number of aliphatic carboxylic acids is 1. The van der Waals surface area contributed by atoms with E-state index in [0.29, 0.717) is 25.9 Å². The molecule has 1 saturated heterocycles. The summed E-state index contributed by atoms with van der Waals surface area (Å²) in [6.45, 7) is 2.31. The summed E-state index contributed by atoms with van der Waals surface area (Å²) in [5, 5.41) is 13.3. The van der Waals surface area contributed by atoms with E-state index < -0.39 is 23.9 Å². The van der Waals surface area contributed by atoms with Crippen LogP contribution in [0.2, 0.25) is 0 Å². The third-order valence-electron chi connectivity index (χ3n) is 3.05. The Kier molecular flexibility index (Phi) is 5.95. The van der Waals surface area contributed by atoms with E-state index in [-0.39, 0.29) is 18.7 Å². The number of carbonyl (C=O) groups excluding carboxylic acids is 3. The number of unbranched alkanes of at least 4 members (excludes halogenated alkanes) is 1. The lowest BCUT2D eigenvalue weighted by molar-refractivity contribution is -0.137. The standard InChI is InChI=1S/C12H19N3O5/c1-8-11(19)13-6-7-15(8)12(20)14-9(16)4-2-3-5-10(17)18/h8H,2-7H2,1H3,(H,13,19)(H,17,18)(H,14,16,20). The molecule has 1 aliphatic heterocycles. The topological polar surface area (TPSA) is 116 Å². The third-order valence-corrected chi connectivity index (χ3v) is 3.05. The van der Waals surface area contributed by atoms with Gasteiger partial charge in [0.15, 0.2) is 0 Å². The van der Waals surface area contributed by atoms with E-state index in [0.717, 1.165) is 0 Å². The minimum absolute atomic E-state index is 0.00452. The molecule has 8 nitrogen and oxygen atoms in total. The predicted octanol–water partition coefficient (Wildman–Crippen LogP) is -0.312. The van der Waals surface area contributed by atoms with Gasteiger partial charge in [-0.15, -0.1) is 0 Å². The van der Waals surface area contributed by atoms with E-state index in [4.69, 9.17) is 5.11 Å². The number of carbonyl (C=O) groups is 4. The average Bonchev–Trinajstić information content (AvgIpc) is 2.37. The smallest absolute Gasteiger partial charge is 0.324 e. The van der Waals surface area contributed by atoms with Crippen LogP contribution in [0.4, 0.5) is 4.79 Å². The Morgan fingerprint density at radius 2 is 2.00 bits per heavy atom. The van der Waals surface area contributed by atoms with Crippen LogP contribution in [0, 0.1) is 0 Å². The van der Waals surface area contributed by atoms with E-state index in [1.54, 1.807) is 6.92 Å². The minimum atomic E-state index is -0.908. The van der Waals surface area contributed by atoms with Crippen molar-refractivity contribution in [3.63, 3.8) is 0 Å². The SMILES string of the molecule is CC1C(=O)NCCN1C(=O)NC(=O)CCCCC(=O)O. The number of nitrogens with zero attached hydrogens (tertiary/aromatic N) is 1. The molecule has 112 valence electrons. The second-order valence-corrected chi connectivity index (χ2v) is 4.61. The van der Waals surface area contributed by atoms with Crippen LogP contribution in [-0.4, -0.2) is 53.0 Å². The molecule has 1 heterocycles. The zero-order chi connectivity index (χ0) is 15.1. The van der Waals surface area contributed by atoms with Crippen molar-refractivity contribution in [1.29, 1.82) is 0 Å². The molecular formula is C12H19N3O5. The number of imide groups is 1. The van der Waals surface area contributed by atoms with Crippen LogP contribution in [-0.2, 0) is 14.4 Å². The molecule has 0 spiro atoms. The molecule has 0 aromatic rings. The summed E-state index contributed by atoms with van der Waals surface area (Å²) in [7, 11) is 0. The molecule has 0 saturated carbocycles. The number of amides is 4. The first-order chi connectivity index (χ1) is 9.41. The highest BCUT2D eigenvalue weighted by molar-refractivity contribution is 5.96. The van der Waals surface area contributed by atoms with Gasteiger partial charge in [0.1, 0.15) is 6.04 Å². The molecule has 8 heteroatoms. The van der Waals surface area contributed by atoms with Gasteiger partial charge in [-0.25, -0.2) is 4.79 Å². The maximum atomic E-state index is 11.8. The highest BCUT2D eigenvalue weighted by Gasteiger charge is 2.29. The fourth-order valence-electron chi connectivity index (χ4n) is 1.88. The second-order valence-electron chi connectivity index (χ2n) is 4.61. The summed E-state index contributed by atoms with van der Waals surface area (Å²) < 4.78 is 0. The van der Waals surface area contributed by atoms with Crippen molar-refractivity contribution in [2.24, 2.45) is 0 Å². The van der Waals surface area contributed by atoms with Crippen LogP contribution >= 0.6 is 0 Å². The van der Waals surface area contributed by atoms with E-state index in [2.05, 4.69) is 10.6 Å². The molecule has 0 aliphatic carbocycles. The van der Waals surface area contributed by atoms with Gasteiger partial charge in [0.05, 0.1) is 0 Å². The highest BCUT2D eigenvalue weighted by atomic mass is 16.4. The second kappa shape index (κ2) is 7.46. The van der Waals surface area contributed by atoms with Gasteiger partial charge in [0, 0.05) is 25.9 Å². The third kappa shape index (κ3) is 4.87. The first-order valence-electron chi connectivity index (χ1n) is 6.51. The number of carboxylic acids is 1. The summed E-state index contributed by atoms with van der Waals surface area (Å²) in [5.74, 6) is -1.62. The van der Waals surface area contributed by atoms with Gasteiger partial charge < -0.3 is 15.3 Å². The van der Waals surface area contributed by atoms with Crippen molar-refractivity contribution in [2.45, 2.75) is 38.6 Å². The number of nitrogens with one attached hydrogen (secondary N) is 2. The number of piperazine rings is 1. The van der Waals surface area contributed by atoms with E-state index in [9.17, 15) is 19.2 Å². The van der Waals surface area contributed by atoms with Crippen molar-refractivity contribution < 1.29 is 24.3 Å². The monoisotopic (exact) mass is 285 g/mol. The van der Waals surface area contributed by atoms with Crippen molar-refractivity contribution in [3.05, 3.63) is 0 Å². The largest absolute Gasteiger partial charge is 0.481 e. The first-order valence-corrected chi connectivity index (χ1v) is 6.51. The molecule has 0 aromatic carbocycles. The van der Waals surface area contributed by atoms with Crippen LogP contribution < -0.4 is 10.6 Å². The molecule has 0 bridgehead atoms. The normalized spacial score (nSPS) is 18.4. The lowest BCUT2D eigenvalue weighted by Crippen LogP contribution is -2.58. The molecule has 0 radical (unpaired) electrons. The van der Waals surface area contributed by atoms with Crippen molar-refractivity contribution in [3.8, 4) is 0 Å².